The van der Waals surface area contributed by atoms with Gasteiger partial charge in [0.05, 0.1) is 12.6 Å². The maximum atomic E-state index is 12.2. The van der Waals surface area contributed by atoms with Crippen molar-refractivity contribution in [2.75, 3.05) is 39.8 Å². The van der Waals surface area contributed by atoms with Gasteiger partial charge >= 0.3 is 0 Å². The Morgan fingerprint density at radius 2 is 1.81 bits per heavy atom. The van der Waals surface area contributed by atoms with Crippen LogP contribution in [0.2, 0.25) is 0 Å². The highest BCUT2D eigenvalue weighted by molar-refractivity contribution is 5.83. The first-order valence-corrected chi connectivity index (χ1v) is 7.98. The lowest BCUT2D eigenvalue weighted by molar-refractivity contribution is -0.134. The molecule has 122 valence electrons. The second-order valence-electron chi connectivity index (χ2n) is 5.74. The van der Waals surface area contributed by atoms with E-state index >= 15 is 0 Å². The molecule has 1 aliphatic rings. The van der Waals surface area contributed by atoms with Crippen LogP contribution in [0, 0.1) is 0 Å². The van der Waals surface area contributed by atoms with Gasteiger partial charge in [-0.25, -0.2) is 0 Å². The Morgan fingerprint density at radius 1 is 1.24 bits per heavy atom. The lowest BCUT2D eigenvalue weighted by atomic mass is 10.1. The van der Waals surface area contributed by atoms with Crippen molar-refractivity contribution in [1.82, 2.24) is 20.4 Å². The van der Waals surface area contributed by atoms with Crippen LogP contribution in [0.25, 0.3) is 0 Å². The molecular formula is C15H30N4O2. The van der Waals surface area contributed by atoms with Crippen LogP contribution < -0.4 is 10.6 Å². The van der Waals surface area contributed by atoms with Gasteiger partial charge in [-0.1, -0.05) is 13.8 Å². The molecule has 0 bridgehead atoms. The molecule has 0 aromatic heterocycles. The predicted molar refractivity (Wildman–Crippen MR) is 84.1 cm³/mol. The van der Waals surface area contributed by atoms with E-state index in [1.165, 1.54) is 0 Å². The molecule has 6 nitrogen and oxygen atoms in total. The fraction of sp³-hybridized carbons (Fsp3) is 0.867. The number of carbonyl (C=O) groups is 2. The molecule has 1 saturated heterocycles. The second-order valence-corrected chi connectivity index (χ2v) is 5.74. The third kappa shape index (κ3) is 5.63. The number of nitrogens with zero attached hydrogens (tertiary/aromatic N) is 2. The van der Waals surface area contributed by atoms with E-state index in [0.717, 1.165) is 39.0 Å². The summed E-state index contributed by atoms with van der Waals surface area (Å²) in [6.45, 7) is 9.47. The Bertz CT molecular complexity index is 339. The zero-order valence-corrected chi connectivity index (χ0v) is 13.8. The summed E-state index contributed by atoms with van der Waals surface area (Å²) in [5, 5.41) is 6.26. The molecule has 0 aromatic carbocycles. The highest BCUT2D eigenvalue weighted by Gasteiger charge is 2.24. The third-order valence-electron chi connectivity index (χ3n) is 4.23. The number of carbonyl (C=O) groups excluding carboxylic acids is 2. The third-order valence-corrected chi connectivity index (χ3v) is 4.23. The van der Waals surface area contributed by atoms with Gasteiger partial charge in [0.15, 0.2) is 0 Å². The molecule has 2 N–H and O–H groups in total. The molecule has 0 aromatic rings. The molecule has 0 spiro atoms. The first-order valence-electron chi connectivity index (χ1n) is 7.98. The van der Waals surface area contributed by atoms with Crippen LogP contribution in [-0.2, 0) is 9.59 Å². The van der Waals surface area contributed by atoms with Crippen LogP contribution in [0.4, 0.5) is 0 Å². The maximum Gasteiger partial charge on any atom is 0.237 e. The van der Waals surface area contributed by atoms with Crippen LogP contribution >= 0.6 is 0 Å². The summed E-state index contributed by atoms with van der Waals surface area (Å²) in [7, 11) is 1.83. The van der Waals surface area contributed by atoms with Gasteiger partial charge in [0.25, 0.3) is 0 Å². The van der Waals surface area contributed by atoms with E-state index in [-0.39, 0.29) is 30.4 Å². The molecule has 0 saturated carbocycles. The number of rotatable bonds is 7. The topological polar surface area (TPSA) is 64.7 Å². The van der Waals surface area contributed by atoms with Crippen LogP contribution in [0.1, 0.15) is 33.6 Å². The minimum Gasteiger partial charge on any atom is -0.352 e. The van der Waals surface area contributed by atoms with E-state index in [2.05, 4.69) is 24.5 Å². The molecule has 2 amide bonds. The first kappa shape index (κ1) is 17.9. The maximum absolute atomic E-state index is 12.2. The zero-order chi connectivity index (χ0) is 15.8. The number of nitrogens with one attached hydrogen (secondary N) is 2. The van der Waals surface area contributed by atoms with Crippen LogP contribution in [0.15, 0.2) is 0 Å². The van der Waals surface area contributed by atoms with Crippen molar-refractivity contribution in [3.63, 3.8) is 0 Å². The molecule has 6 heteroatoms. The van der Waals surface area contributed by atoms with Crippen molar-refractivity contribution >= 4 is 11.8 Å². The molecule has 1 heterocycles. The second kappa shape index (κ2) is 9.00. The summed E-state index contributed by atoms with van der Waals surface area (Å²) in [6, 6.07) is -0.0744. The van der Waals surface area contributed by atoms with Gasteiger partial charge in [0.2, 0.25) is 11.8 Å². The van der Waals surface area contributed by atoms with E-state index in [0.29, 0.717) is 0 Å². The molecular weight excluding hydrogens is 268 g/mol. The molecule has 21 heavy (non-hydrogen) atoms. The smallest absolute Gasteiger partial charge is 0.237 e. The minimum atomic E-state index is -0.294. The fourth-order valence-electron chi connectivity index (χ4n) is 2.38. The van der Waals surface area contributed by atoms with Crippen LogP contribution in [0.5, 0.6) is 0 Å². The Labute approximate surface area is 128 Å². The highest BCUT2D eigenvalue weighted by Crippen LogP contribution is 2.02. The molecule has 1 fully saturated rings. The standard InChI is InChI=1S/C15H30N4O2/c1-5-13(6-2)17-15(21)12(3)18(4)11-14(20)19-9-7-16-8-10-19/h12-13,16H,5-11H2,1-4H3,(H,17,21). The molecule has 1 rings (SSSR count). The van der Waals surface area contributed by atoms with E-state index in [4.69, 9.17) is 0 Å². The molecule has 0 aliphatic carbocycles. The number of hydrogen-bond acceptors (Lipinski definition) is 4. The number of likely N-dealkylation sites (N-methyl/N-ethyl adjacent to an activating group) is 1. The van der Waals surface area contributed by atoms with Gasteiger partial charge < -0.3 is 15.5 Å². The van der Waals surface area contributed by atoms with Crippen LogP contribution in [0.3, 0.4) is 0 Å². The predicted octanol–water partition coefficient (Wildman–Crippen LogP) is 0.0433. The number of amides is 2. The Morgan fingerprint density at radius 3 is 2.33 bits per heavy atom. The van der Waals surface area contributed by atoms with Crippen molar-refractivity contribution in [3.05, 3.63) is 0 Å². The Hall–Kier alpha value is -1.14. The lowest BCUT2D eigenvalue weighted by Crippen LogP contribution is -2.52. The van der Waals surface area contributed by atoms with E-state index in [1.807, 2.05) is 23.8 Å². The van der Waals surface area contributed by atoms with Gasteiger partial charge in [-0.3, -0.25) is 14.5 Å². The fourth-order valence-corrected chi connectivity index (χ4v) is 2.38. The summed E-state index contributed by atoms with van der Waals surface area (Å²) < 4.78 is 0. The van der Waals surface area contributed by atoms with Gasteiger partial charge in [-0.15, -0.1) is 0 Å². The van der Waals surface area contributed by atoms with Crippen molar-refractivity contribution in [2.45, 2.75) is 45.7 Å². The molecule has 0 radical (unpaired) electrons. The largest absolute Gasteiger partial charge is 0.352 e. The summed E-state index contributed by atoms with van der Waals surface area (Å²) in [5.41, 5.74) is 0. The zero-order valence-electron chi connectivity index (χ0n) is 13.8. The number of hydrogen-bond donors (Lipinski definition) is 2. The van der Waals surface area contributed by atoms with Crippen LogP contribution in [-0.4, -0.2) is 73.5 Å². The quantitative estimate of drug-likeness (QED) is 0.697. The van der Waals surface area contributed by atoms with E-state index in [1.54, 1.807) is 0 Å². The summed E-state index contributed by atoms with van der Waals surface area (Å²) in [6.07, 6.45) is 1.86. The van der Waals surface area contributed by atoms with Gasteiger partial charge in [0.1, 0.15) is 0 Å². The first-order chi connectivity index (χ1) is 9.99. The highest BCUT2D eigenvalue weighted by atomic mass is 16.2. The van der Waals surface area contributed by atoms with Crippen molar-refractivity contribution in [2.24, 2.45) is 0 Å². The Kier molecular flexibility index (Phi) is 7.67. The summed E-state index contributed by atoms with van der Waals surface area (Å²) in [4.78, 5) is 28.1. The molecule has 1 atom stereocenters. The molecule has 1 aliphatic heterocycles. The molecule has 1 unspecified atom stereocenters. The van der Waals surface area contributed by atoms with E-state index in [9.17, 15) is 9.59 Å². The average Bonchev–Trinajstić information content (AvgIpc) is 2.52. The van der Waals surface area contributed by atoms with Gasteiger partial charge in [-0.2, -0.15) is 0 Å². The van der Waals surface area contributed by atoms with Crippen molar-refractivity contribution < 1.29 is 9.59 Å². The van der Waals surface area contributed by atoms with Gasteiger partial charge in [0, 0.05) is 32.2 Å². The minimum absolute atomic E-state index is 0.000638. The monoisotopic (exact) mass is 298 g/mol. The van der Waals surface area contributed by atoms with E-state index < -0.39 is 0 Å². The van der Waals surface area contributed by atoms with Gasteiger partial charge in [-0.05, 0) is 26.8 Å². The van der Waals surface area contributed by atoms with Crippen molar-refractivity contribution in [3.8, 4) is 0 Å². The average molecular weight is 298 g/mol. The number of piperazine rings is 1. The summed E-state index contributed by atoms with van der Waals surface area (Å²) >= 11 is 0. The normalized spacial score (nSPS) is 17.1. The SMILES string of the molecule is CCC(CC)NC(=O)C(C)N(C)CC(=O)N1CCNCC1. The summed E-state index contributed by atoms with van der Waals surface area (Å²) in [5.74, 6) is 0.0977. The van der Waals surface area contributed by atoms with Crippen molar-refractivity contribution in [1.29, 1.82) is 0 Å². The lowest BCUT2D eigenvalue weighted by Gasteiger charge is -2.31. The Balaban J connectivity index is 2.43.